The number of allylic oxidation sites excluding steroid dienone is 4. The highest BCUT2D eigenvalue weighted by molar-refractivity contribution is 5.86. The van der Waals surface area contributed by atoms with E-state index < -0.39 is 11.4 Å². The van der Waals surface area contributed by atoms with E-state index in [4.69, 9.17) is 0 Å². The summed E-state index contributed by atoms with van der Waals surface area (Å²) < 4.78 is 0. The van der Waals surface area contributed by atoms with E-state index in [1.165, 1.54) is 18.4 Å². The molecule has 5 aliphatic carbocycles. The van der Waals surface area contributed by atoms with Crippen molar-refractivity contribution >= 4 is 11.8 Å². The van der Waals surface area contributed by atoms with E-state index in [9.17, 15) is 14.7 Å². The van der Waals surface area contributed by atoms with Crippen LogP contribution in [0.5, 0.6) is 0 Å². The van der Waals surface area contributed by atoms with E-state index in [1.807, 2.05) is 6.92 Å². The highest BCUT2D eigenvalue weighted by atomic mass is 16.4. The third-order valence-electron chi connectivity index (χ3n) is 12.5. The average Bonchev–Trinajstić information content (AvgIpc) is 2.73. The first-order valence-corrected chi connectivity index (χ1v) is 13.3. The number of carboxylic acids is 1. The minimum Gasteiger partial charge on any atom is -0.481 e. The fourth-order valence-electron chi connectivity index (χ4n) is 9.65. The van der Waals surface area contributed by atoms with Crippen LogP contribution in [0.25, 0.3) is 0 Å². The molecule has 0 saturated heterocycles. The molecule has 7 atom stereocenters. The molecule has 0 heterocycles. The zero-order valence-corrected chi connectivity index (χ0v) is 21.9. The van der Waals surface area contributed by atoms with Gasteiger partial charge in [-0.1, -0.05) is 64.8 Å². The maximum Gasteiger partial charge on any atom is 0.309 e. The number of Topliss-reactive ketones (excluding diaryl/α,β-unsaturated/α-hetero) is 1. The summed E-state index contributed by atoms with van der Waals surface area (Å²) in [6.07, 6.45) is 13.7. The molecule has 0 bridgehead atoms. The van der Waals surface area contributed by atoms with E-state index in [0.717, 1.165) is 38.5 Å². The Kier molecular flexibility index (Phi) is 4.70. The first kappa shape index (κ1) is 23.4. The summed E-state index contributed by atoms with van der Waals surface area (Å²) in [5.74, 6) is 0.562. The SMILES string of the molecule is CC1(C(=O)O)CCC2(C)CCC3(C)C(=CC=C4C5(C)CCC(=O)C(C)(C)C5CCC43C)C2C1. The van der Waals surface area contributed by atoms with Crippen LogP contribution in [-0.2, 0) is 9.59 Å². The van der Waals surface area contributed by atoms with Gasteiger partial charge in [-0.15, -0.1) is 0 Å². The lowest BCUT2D eigenvalue weighted by Gasteiger charge is -2.68. The number of carbonyl (C=O) groups is 2. The standard InChI is InChI=1S/C30H44O3/c1-25(2)21-10-13-30(7)22(28(21,5)12-11-23(25)31)9-8-19-20-18-27(4,24(32)33)15-14-26(20,3)16-17-29(19,30)6/h8-9,20-21H,10-18H2,1-7H3,(H,32,33). The van der Waals surface area contributed by atoms with Gasteiger partial charge in [0, 0.05) is 11.8 Å². The highest BCUT2D eigenvalue weighted by Crippen LogP contribution is 2.74. The van der Waals surface area contributed by atoms with Gasteiger partial charge in [-0.3, -0.25) is 9.59 Å². The molecule has 0 radical (unpaired) electrons. The zero-order chi connectivity index (χ0) is 24.2. The van der Waals surface area contributed by atoms with Crippen molar-refractivity contribution in [3.05, 3.63) is 23.3 Å². The molecule has 1 N–H and O–H groups in total. The Hall–Kier alpha value is -1.38. The van der Waals surface area contributed by atoms with Crippen molar-refractivity contribution in [3.63, 3.8) is 0 Å². The summed E-state index contributed by atoms with van der Waals surface area (Å²) in [6, 6.07) is 0. The summed E-state index contributed by atoms with van der Waals surface area (Å²) in [7, 11) is 0. The van der Waals surface area contributed by atoms with E-state index in [2.05, 4.69) is 53.7 Å². The quantitative estimate of drug-likeness (QED) is 0.452. The van der Waals surface area contributed by atoms with E-state index in [1.54, 1.807) is 5.57 Å². The molecule has 4 saturated carbocycles. The molecule has 0 aromatic heterocycles. The molecule has 0 amide bonds. The molecule has 182 valence electrons. The Balaban J connectivity index is 1.63. The number of hydrogen-bond acceptors (Lipinski definition) is 2. The molecule has 7 unspecified atom stereocenters. The summed E-state index contributed by atoms with van der Waals surface area (Å²) in [5.41, 5.74) is 2.67. The van der Waals surface area contributed by atoms with Crippen molar-refractivity contribution in [3.8, 4) is 0 Å². The molecular formula is C30H44O3. The van der Waals surface area contributed by atoms with Crippen LogP contribution in [0.1, 0.15) is 106 Å². The van der Waals surface area contributed by atoms with Gasteiger partial charge in [-0.2, -0.15) is 0 Å². The Labute approximate surface area is 200 Å². The van der Waals surface area contributed by atoms with Gasteiger partial charge in [-0.05, 0) is 91.8 Å². The Morgan fingerprint density at radius 1 is 0.879 bits per heavy atom. The summed E-state index contributed by atoms with van der Waals surface area (Å²) in [5, 5.41) is 10.0. The molecule has 0 aromatic rings. The van der Waals surface area contributed by atoms with Crippen molar-refractivity contribution in [1.82, 2.24) is 0 Å². The summed E-state index contributed by atoms with van der Waals surface area (Å²) in [6.45, 7) is 16.2. The Morgan fingerprint density at radius 2 is 1.55 bits per heavy atom. The predicted molar refractivity (Wildman–Crippen MR) is 132 cm³/mol. The molecule has 3 nitrogen and oxygen atoms in total. The molecule has 5 aliphatic rings. The zero-order valence-electron chi connectivity index (χ0n) is 21.9. The third kappa shape index (κ3) is 2.74. The molecule has 4 fully saturated rings. The van der Waals surface area contributed by atoms with Crippen LogP contribution in [0.4, 0.5) is 0 Å². The fraction of sp³-hybridized carbons (Fsp3) is 0.800. The number of aliphatic carboxylic acids is 1. The first-order valence-electron chi connectivity index (χ1n) is 13.3. The number of fused-ring (bicyclic) bond motifs is 7. The molecule has 0 aliphatic heterocycles. The molecule has 33 heavy (non-hydrogen) atoms. The van der Waals surface area contributed by atoms with Gasteiger partial charge in [-0.25, -0.2) is 0 Å². The molecule has 0 aromatic carbocycles. The van der Waals surface area contributed by atoms with E-state index >= 15 is 0 Å². The number of hydrogen-bond donors (Lipinski definition) is 1. The smallest absolute Gasteiger partial charge is 0.309 e. The second-order valence-electron chi connectivity index (χ2n) is 14.3. The van der Waals surface area contributed by atoms with Crippen LogP contribution in [0.15, 0.2) is 23.3 Å². The second kappa shape index (κ2) is 6.64. The van der Waals surface area contributed by atoms with Crippen LogP contribution in [0.2, 0.25) is 0 Å². The lowest BCUT2D eigenvalue weighted by molar-refractivity contribution is -0.155. The number of carboxylic acid groups (broad SMARTS) is 1. The van der Waals surface area contributed by atoms with Gasteiger partial charge < -0.3 is 5.11 Å². The van der Waals surface area contributed by atoms with Crippen LogP contribution in [-0.4, -0.2) is 16.9 Å². The van der Waals surface area contributed by atoms with Crippen molar-refractivity contribution in [2.75, 3.05) is 0 Å². The Morgan fingerprint density at radius 3 is 2.21 bits per heavy atom. The Bertz CT molecular complexity index is 987. The van der Waals surface area contributed by atoms with Crippen LogP contribution >= 0.6 is 0 Å². The van der Waals surface area contributed by atoms with Crippen LogP contribution in [0.3, 0.4) is 0 Å². The molecule has 5 rings (SSSR count). The maximum absolute atomic E-state index is 12.9. The topological polar surface area (TPSA) is 54.4 Å². The van der Waals surface area contributed by atoms with Gasteiger partial charge in [0.2, 0.25) is 0 Å². The van der Waals surface area contributed by atoms with Crippen molar-refractivity contribution in [2.24, 2.45) is 44.3 Å². The van der Waals surface area contributed by atoms with Gasteiger partial charge in [0.15, 0.2) is 0 Å². The van der Waals surface area contributed by atoms with Crippen LogP contribution in [0, 0.1) is 44.3 Å². The number of rotatable bonds is 1. The minimum absolute atomic E-state index is 0.0671. The van der Waals surface area contributed by atoms with Crippen LogP contribution < -0.4 is 0 Å². The normalized spacial score (nSPS) is 50.7. The predicted octanol–water partition coefficient (Wildman–Crippen LogP) is 7.36. The number of ketones is 1. The lowest BCUT2D eigenvalue weighted by atomic mass is 9.36. The van der Waals surface area contributed by atoms with E-state index in [0.29, 0.717) is 24.0 Å². The lowest BCUT2D eigenvalue weighted by Crippen LogP contribution is -2.60. The maximum atomic E-state index is 12.9. The van der Waals surface area contributed by atoms with Gasteiger partial charge in [0.25, 0.3) is 0 Å². The third-order valence-corrected chi connectivity index (χ3v) is 12.5. The minimum atomic E-state index is -0.627. The largest absolute Gasteiger partial charge is 0.481 e. The molecule has 0 spiro atoms. The summed E-state index contributed by atoms with van der Waals surface area (Å²) >= 11 is 0. The van der Waals surface area contributed by atoms with Gasteiger partial charge in [0.1, 0.15) is 5.78 Å². The van der Waals surface area contributed by atoms with Crippen molar-refractivity contribution in [2.45, 2.75) is 106 Å². The van der Waals surface area contributed by atoms with Gasteiger partial charge >= 0.3 is 5.97 Å². The highest BCUT2D eigenvalue weighted by Gasteiger charge is 2.66. The van der Waals surface area contributed by atoms with Gasteiger partial charge in [0.05, 0.1) is 5.41 Å². The monoisotopic (exact) mass is 452 g/mol. The second-order valence-corrected chi connectivity index (χ2v) is 14.3. The van der Waals surface area contributed by atoms with E-state index in [-0.39, 0.29) is 27.1 Å². The fourth-order valence-corrected chi connectivity index (χ4v) is 9.65. The number of carbonyl (C=O) groups excluding carboxylic acids is 1. The average molecular weight is 453 g/mol. The van der Waals surface area contributed by atoms with Crippen molar-refractivity contribution in [1.29, 1.82) is 0 Å². The first-order chi connectivity index (χ1) is 15.1. The van der Waals surface area contributed by atoms with Crippen molar-refractivity contribution < 1.29 is 14.7 Å². The molecular weight excluding hydrogens is 408 g/mol. The molecule has 3 heteroatoms. The summed E-state index contributed by atoms with van der Waals surface area (Å²) in [4.78, 5) is 25.1.